The van der Waals surface area contributed by atoms with Crippen LogP contribution >= 0.6 is 0 Å². The second-order valence-corrected chi connectivity index (χ2v) is 3.76. The average molecular weight is 214 g/mol. The highest BCUT2D eigenvalue weighted by atomic mass is 16.5. The maximum Gasteiger partial charge on any atom is 0.221 e. The highest BCUT2D eigenvalue weighted by Crippen LogP contribution is 1.87. The molecular weight excluding hydrogens is 192 g/mol. The molecule has 0 radical (unpaired) electrons. The normalized spacial score (nSPS) is 10.1. The fourth-order valence-electron chi connectivity index (χ4n) is 0.978. The number of amides is 1. The molecule has 0 aliphatic carbocycles. The van der Waals surface area contributed by atoms with E-state index >= 15 is 0 Å². The Kier molecular flexibility index (Phi) is 7.72. The number of hydrogen-bond donors (Lipinski definition) is 2. The molecule has 0 rings (SSSR count). The molecule has 4 heteroatoms. The lowest BCUT2D eigenvalue weighted by Gasteiger charge is -2.09. The summed E-state index contributed by atoms with van der Waals surface area (Å²) in [5, 5.41) is 5.95. The van der Waals surface area contributed by atoms with E-state index in [1.807, 2.05) is 0 Å². The van der Waals surface area contributed by atoms with E-state index < -0.39 is 0 Å². The van der Waals surface area contributed by atoms with Gasteiger partial charge in [0.25, 0.3) is 0 Å². The van der Waals surface area contributed by atoms with Crippen molar-refractivity contribution in [3.63, 3.8) is 0 Å². The predicted octanol–water partition coefficient (Wildman–Crippen LogP) is 1.04. The van der Waals surface area contributed by atoms with Crippen molar-refractivity contribution in [2.75, 3.05) is 19.7 Å². The molecule has 0 saturated heterocycles. The van der Waals surface area contributed by atoms with Crippen molar-refractivity contribution < 1.29 is 9.53 Å². The third kappa shape index (κ3) is 10.9. The van der Waals surface area contributed by atoms with Gasteiger partial charge in [0.05, 0.1) is 12.3 Å². The van der Waals surface area contributed by atoms with Crippen molar-refractivity contribution in [1.29, 1.82) is 0 Å². The fourth-order valence-corrected chi connectivity index (χ4v) is 0.978. The fraction of sp³-hybridized carbons (Fsp3) is 0.727. The molecule has 0 aliphatic rings. The van der Waals surface area contributed by atoms with Gasteiger partial charge in [0.1, 0.15) is 6.61 Å². The van der Waals surface area contributed by atoms with Crippen molar-refractivity contribution in [3.8, 4) is 0 Å². The lowest BCUT2D eigenvalue weighted by atomic mass is 10.3. The van der Waals surface area contributed by atoms with E-state index in [0.717, 1.165) is 0 Å². The van der Waals surface area contributed by atoms with Gasteiger partial charge >= 0.3 is 0 Å². The number of nitrogens with one attached hydrogen (secondary N) is 2. The topological polar surface area (TPSA) is 50.4 Å². The van der Waals surface area contributed by atoms with Crippen LogP contribution < -0.4 is 10.6 Å². The molecule has 0 bridgehead atoms. The van der Waals surface area contributed by atoms with Crippen LogP contribution in [0.25, 0.3) is 0 Å². The van der Waals surface area contributed by atoms with Gasteiger partial charge in [0, 0.05) is 19.0 Å². The molecule has 88 valence electrons. The molecule has 4 nitrogen and oxygen atoms in total. The first-order chi connectivity index (χ1) is 7.02. The van der Waals surface area contributed by atoms with Crippen molar-refractivity contribution in [1.82, 2.24) is 10.6 Å². The minimum atomic E-state index is 0.0495. The zero-order valence-corrected chi connectivity index (χ0v) is 9.93. The van der Waals surface area contributed by atoms with E-state index in [4.69, 9.17) is 4.74 Å². The summed E-state index contributed by atoms with van der Waals surface area (Å²) in [6.45, 7) is 11.2. The van der Waals surface area contributed by atoms with Crippen LogP contribution in [0.15, 0.2) is 12.3 Å². The smallest absolute Gasteiger partial charge is 0.221 e. The number of allylic oxidation sites excluding steroid dienone is 1. The van der Waals surface area contributed by atoms with Crippen LogP contribution in [0.5, 0.6) is 0 Å². The number of rotatable bonds is 8. The quantitative estimate of drug-likeness (QED) is 0.469. The Labute approximate surface area is 92.1 Å². The first-order valence-corrected chi connectivity index (χ1v) is 5.30. The van der Waals surface area contributed by atoms with Crippen LogP contribution in [-0.2, 0) is 9.53 Å². The van der Waals surface area contributed by atoms with Crippen LogP contribution in [-0.4, -0.2) is 31.6 Å². The lowest BCUT2D eigenvalue weighted by Crippen LogP contribution is -2.32. The first-order valence-electron chi connectivity index (χ1n) is 5.30. The van der Waals surface area contributed by atoms with Crippen LogP contribution in [0, 0.1) is 0 Å². The summed E-state index contributed by atoms with van der Waals surface area (Å²) in [5.41, 5.74) is 0. The van der Waals surface area contributed by atoms with E-state index in [0.29, 0.717) is 37.9 Å². The van der Waals surface area contributed by atoms with Gasteiger partial charge in [-0.25, -0.2) is 0 Å². The summed E-state index contributed by atoms with van der Waals surface area (Å²) < 4.78 is 5.11. The molecular formula is C11H22N2O2. The third-order valence-electron chi connectivity index (χ3n) is 1.68. The standard InChI is InChI=1S/C11H22N2O2/c1-9(2)12-6-5-11(14)13-7-8-15-10(3)4/h9,12H,3,5-8H2,1-2,4H3,(H,13,14). The largest absolute Gasteiger partial charge is 0.497 e. The van der Waals surface area contributed by atoms with Crippen molar-refractivity contribution in [3.05, 3.63) is 12.3 Å². The van der Waals surface area contributed by atoms with Crippen molar-refractivity contribution in [2.45, 2.75) is 33.2 Å². The predicted molar refractivity (Wildman–Crippen MR) is 61.5 cm³/mol. The van der Waals surface area contributed by atoms with Gasteiger partial charge in [0.2, 0.25) is 5.91 Å². The molecule has 15 heavy (non-hydrogen) atoms. The summed E-state index contributed by atoms with van der Waals surface area (Å²) in [6, 6.07) is 0.421. The van der Waals surface area contributed by atoms with Gasteiger partial charge in [-0.1, -0.05) is 20.4 Å². The Balaban J connectivity index is 3.30. The van der Waals surface area contributed by atoms with Crippen molar-refractivity contribution >= 4 is 5.91 Å². The summed E-state index contributed by atoms with van der Waals surface area (Å²) in [7, 11) is 0. The number of carbonyl (C=O) groups is 1. The molecule has 0 spiro atoms. The van der Waals surface area contributed by atoms with Crippen LogP contribution in [0.2, 0.25) is 0 Å². The number of carbonyl (C=O) groups excluding carboxylic acids is 1. The van der Waals surface area contributed by atoms with Gasteiger partial charge < -0.3 is 15.4 Å². The van der Waals surface area contributed by atoms with E-state index in [-0.39, 0.29) is 5.91 Å². The average Bonchev–Trinajstić information content (AvgIpc) is 2.11. The maximum atomic E-state index is 11.2. The molecule has 0 aromatic heterocycles. The third-order valence-corrected chi connectivity index (χ3v) is 1.68. The molecule has 0 aliphatic heterocycles. The minimum absolute atomic E-state index is 0.0495. The minimum Gasteiger partial charge on any atom is -0.497 e. The maximum absolute atomic E-state index is 11.2. The van der Waals surface area contributed by atoms with E-state index in [1.165, 1.54) is 0 Å². The van der Waals surface area contributed by atoms with Gasteiger partial charge in [0.15, 0.2) is 0 Å². The Hall–Kier alpha value is -1.03. The van der Waals surface area contributed by atoms with E-state index in [9.17, 15) is 4.79 Å². The van der Waals surface area contributed by atoms with Gasteiger partial charge in [-0.2, -0.15) is 0 Å². The molecule has 0 aromatic rings. The zero-order valence-electron chi connectivity index (χ0n) is 9.93. The van der Waals surface area contributed by atoms with Crippen LogP contribution in [0.4, 0.5) is 0 Å². The van der Waals surface area contributed by atoms with Gasteiger partial charge in [-0.15, -0.1) is 0 Å². The van der Waals surface area contributed by atoms with E-state index in [1.54, 1.807) is 6.92 Å². The first kappa shape index (κ1) is 14.0. The summed E-state index contributed by atoms with van der Waals surface area (Å²) in [4.78, 5) is 11.2. The molecule has 0 aromatic carbocycles. The van der Waals surface area contributed by atoms with Gasteiger partial charge in [-0.05, 0) is 6.92 Å². The summed E-state index contributed by atoms with van der Waals surface area (Å²) >= 11 is 0. The lowest BCUT2D eigenvalue weighted by molar-refractivity contribution is -0.121. The Morgan fingerprint density at radius 3 is 2.60 bits per heavy atom. The molecule has 0 fully saturated rings. The SMILES string of the molecule is C=C(C)OCCNC(=O)CCNC(C)C. The number of hydrogen-bond acceptors (Lipinski definition) is 3. The van der Waals surface area contributed by atoms with Gasteiger partial charge in [-0.3, -0.25) is 4.79 Å². The summed E-state index contributed by atoms with van der Waals surface area (Å²) in [5.74, 6) is 0.721. The highest BCUT2D eigenvalue weighted by Gasteiger charge is 2.00. The molecule has 1 amide bonds. The second kappa shape index (κ2) is 8.29. The molecule has 0 unspecified atom stereocenters. The molecule has 0 heterocycles. The zero-order chi connectivity index (χ0) is 11.7. The second-order valence-electron chi connectivity index (χ2n) is 3.76. The Bertz CT molecular complexity index is 203. The molecule has 0 atom stereocenters. The highest BCUT2D eigenvalue weighted by molar-refractivity contribution is 5.76. The summed E-state index contributed by atoms with van der Waals surface area (Å²) in [6.07, 6.45) is 0.505. The number of ether oxygens (including phenoxy) is 1. The van der Waals surface area contributed by atoms with Crippen molar-refractivity contribution in [2.24, 2.45) is 0 Å². The Morgan fingerprint density at radius 1 is 1.40 bits per heavy atom. The Morgan fingerprint density at radius 2 is 2.07 bits per heavy atom. The molecule has 2 N–H and O–H groups in total. The van der Waals surface area contributed by atoms with E-state index in [2.05, 4.69) is 31.1 Å². The van der Waals surface area contributed by atoms with Crippen LogP contribution in [0.1, 0.15) is 27.2 Å². The molecule has 0 saturated carbocycles. The monoisotopic (exact) mass is 214 g/mol. The van der Waals surface area contributed by atoms with Crippen LogP contribution in [0.3, 0.4) is 0 Å².